The number of aromatic carboxylic acids is 1. The summed E-state index contributed by atoms with van der Waals surface area (Å²) in [4.78, 5) is 36.3. The van der Waals surface area contributed by atoms with Crippen molar-refractivity contribution in [2.75, 3.05) is 0 Å². The van der Waals surface area contributed by atoms with Gasteiger partial charge in [0.25, 0.3) is 11.7 Å². The smallest absolute Gasteiger partial charge is 0.375 e. The van der Waals surface area contributed by atoms with Crippen molar-refractivity contribution in [2.24, 2.45) is 0 Å². The standard InChI is InChI=1S/C21H14F3NO6/c22-12-6-15(23)13(16(24)7-12)8-25-20(27)14-10-31-19(21(28)29)18(17(14)26)30-9-11-4-2-1-3-5-11/h1-7,10H,8-9H2,(H,25,27)(H,28,29). The molecule has 1 aromatic heterocycles. The Hall–Kier alpha value is -4.08. The summed E-state index contributed by atoms with van der Waals surface area (Å²) in [6, 6.07) is 9.38. The van der Waals surface area contributed by atoms with E-state index in [-0.39, 0.29) is 6.61 Å². The molecule has 1 amide bonds. The molecule has 10 heteroatoms. The molecule has 0 radical (unpaired) electrons. The average Bonchev–Trinajstić information content (AvgIpc) is 2.72. The number of carboxylic acid groups (broad SMARTS) is 1. The molecular weight excluding hydrogens is 419 g/mol. The van der Waals surface area contributed by atoms with E-state index in [0.29, 0.717) is 24.0 Å². The second kappa shape index (κ2) is 9.16. The lowest BCUT2D eigenvalue weighted by atomic mass is 10.1. The van der Waals surface area contributed by atoms with E-state index >= 15 is 0 Å². The summed E-state index contributed by atoms with van der Waals surface area (Å²) in [7, 11) is 0. The fourth-order valence-corrected chi connectivity index (χ4v) is 2.62. The summed E-state index contributed by atoms with van der Waals surface area (Å²) in [5.74, 6) is -7.79. The minimum Gasteiger partial charge on any atom is -0.481 e. The number of nitrogens with one attached hydrogen (secondary N) is 1. The van der Waals surface area contributed by atoms with Gasteiger partial charge in [0.1, 0.15) is 35.9 Å². The Balaban J connectivity index is 1.85. The minimum absolute atomic E-state index is 0.178. The van der Waals surface area contributed by atoms with E-state index in [0.717, 1.165) is 0 Å². The number of carbonyl (C=O) groups is 2. The predicted molar refractivity (Wildman–Crippen MR) is 100 cm³/mol. The highest BCUT2D eigenvalue weighted by Gasteiger charge is 2.24. The first-order chi connectivity index (χ1) is 14.8. The van der Waals surface area contributed by atoms with Crippen molar-refractivity contribution in [3.63, 3.8) is 0 Å². The maximum atomic E-state index is 13.7. The minimum atomic E-state index is -1.59. The van der Waals surface area contributed by atoms with Crippen molar-refractivity contribution in [3.8, 4) is 5.75 Å². The number of amides is 1. The fraction of sp³-hybridized carbons (Fsp3) is 0.0952. The quantitative estimate of drug-likeness (QED) is 0.593. The summed E-state index contributed by atoms with van der Waals surface area (Å²) < 4.78 is 50.6. The number of carbonyl (C=O) groups excluding carboxylic acids is 1. The molecule has 0 aliphatic heterocycles. The fourth-order valence-electron chi connectivity index (χ4n) is 2.62. The zero-order chi connectivity index (χ0) is 22.5. The molecule has 7 nitrogen and oxygen atoms in total. The number of hydrogen-bond acceptors (Lipinski definition) is 5. The highest BCUT2D eigenvalue weighted by atomic mass is 19.1. The Morgan fingerprint density at radius 2 is 1.71 bits per heavy atom. The molecule has 0 unspecified atom stereocenters. The third-order valence-electron chi connectivity index (χ3n) is 4.15. The second-order valence-corrected chi connectivity index (χ2v) is 6.25. The van der Waals surface area contributed by atoms with Gasteiger partial charge in [0.05, 0.1) is 0 Å². The lowest BCUT2D eigenvalue weighted by molar-refractivity contribution is 0.0648. The second-order valence-electron chi connectivity index (χ2n) is 6.25. The monoisotopic (exact) mass is 433 g/mol. The predicted octanol–water partition coefficient (Wildman–Crippen LogP) is 3.26. The van der Waals surface area contributed by atoms with Crippen molar-refractivity contribution >= 4 is 11.9 Å². The van der Waals surface area contributed by atoms with Gasteiger partial charge in [-0.25, -0.2) is 18.0 Å². The molecule has 0 aliphatic rings. The van der Waals surface area contributed by atoms with E-state index in [1.165, 1.54) is 0 Å². The molecule has 0 saturated carbocycles. The lowest BCUT2D eigenvalue weighted by Crippen LogP contribution is -2.30. The Morgan fingerprint density at radius 3 is 2.32 bits per heavy atom. The highest BCUT2D eigenvalue weighted by Crippen LogP contribution is 2.18. The number of benzene rings is 2. The van der Waals surface area contributed by atoms with Gasteiger partial charge in [-0.2, -0.15) is 0 Å². The molecule has 0 bridgehead atoms. The van der Waals surface area contributed by atoms with Crippen LogP contribution in [-0.2, 0) is 13.2 Å². The molecule has 2 aromatic carbocycles. The normalized spacial score (nSPS) is 10.5. The van der Waals surface area contributed by atoms with Gasteiger partial charge in [-0.05, 0) is 5.56 Å². The molecular formula is C21H14F3NO6. The molecule has 0 saturated heterocycles. The molecule has 0 fully saturated rings. The largest absolute Gasteiger partial charge is 0.481 e. The van der Waals surface area contributed by atoms with Gasteiger partial charge in [0.2, 0.25) is 11.2 Å². The van der Waals surface area contributed by atoms with Crippen LogP contribution in [0.15, 0.2) is 57.9 Å². The summed E-state index contributed by atoms with van der Waals surface area (Å²) >= 11 is 0. The Morgan fingerprint density at radius 1 is 1.06 bits per heavy atom. The Labute approximate surface area is 172 Å². The van der Waals surface area contributed by atoms with Crippen LogP contribution in [0.5, 0.6) is 5.75 Å². The van der Waals surface area contributed by atoms with Crippen molar-refractivity contribution in [1.82, 2.24) is 5.32 Å². The molecule has 3 rings (SSSR count). The van der Waals surface area contributed by atoms with E-state index in [2.05, 4.69) is 5.32 Å². The summed E-state index contributed by atoms with van der Waals surface area (Å²) in [5.41, 5.74) is -1.73. The van der Waals surface area contributed by atoms with Crippen LogP contribution in [0.2, 0.25) is 0 Å². The number of hydrogen-bond donors (Lipinski definition) is 2. The molecule has 0 atom stereocenters. The van der Waals surface area contributed by atoms with Gasteiger partial charge in [-0.3, -0.25) is 9.59 Å². The van der Waals surface area contributed by atoms with Crippen LogP contribution < -0.4 is 15.5 Å². The number of halogens is 3. The Bertz CT molecular complexity index is 1170. The van der Waals surface area contributed by atoms with E-state index in [1.54, 1.807) is 30.3 Å². The van der Waals surface area contributed by atoms with Crippen LogP contribution in [0.4, 0.5) is 13.2 Å². The van der Waals surface area contributed by atoms with Gasteiger partial charge in [0.15, 0.2) is 0 Å². The zero-order valence-electron chi connectivity index (χ0n) is 15.7. The highest BCUT2D eigenvalue weighted by molar-refractivity contribution is 5.95. The molecule has 160 valence electrons. The first-order valence-corrected chi connectivity index (χ1v) is 8.75. The topological polar surface area (TPSA) is 106 Å². The van der Waals surface area contributed by atoms with Crippen LogP contribution in [0.25, 0.3) is 0 Å². The van der Waals surface area contributed by atoms with Gasteiger partial charge >= 0.3 is 5.97 Å². The van der Waals surface area contributed by atoms with Gasteiger partial charge < -0.3 is 19.6 Å². The average molecular weight is 433 g/mol. The summed E-state index contributed by atoms with van der Waals surface area (Å²) in [5, 5.41) is 11.3. The van der Waals surface area contributed by atoms with E-state index < -0.39 is 63.9 Å². The number of ether oxygens (including phenoxy) is 1. The maximum Gasteiger partial charge on any atom is 0.375 e. The van der Waals surface area contributed by atoms with E-state index in [1.807, 2.05) is 0 Å². The molecule has 2 N–H and O–H groups in total. The summed E-state index contributed by atoms with van der Waals surface area (Å²) in [6.07, 6.45) is 0.605. The number of rotatable bonds is 7. The first-order valence-electron chi connectivity index (χ1n) is 8.75. The number of carboxylic acids is 1. The molecule has 31 heavy (non-hydrogen) atoms. The van der Waals surface area contributed by atoms with Crippen molar-refractivity contribution in [3.05, 3.63) is 98.9 Å². The zero-order valence-corrected chi connectivity index (χ0v) is 15.7. The third kappa shape index (κ3) is 4.92. The summed E-state index contributed by atoms with van der Waals surface area (Å²) in [6.45, 7) is -0.875. The molecule has 0 aliphatic carbocycles. The van der Waals surface area contributed by atoms with Crippen LogP contribution in [-0.4, -0.2) is 17.0 Å². The van der Waals surface area contributed by atoms with E-state index in [9.17, 15) is 32.7 Å². The van der Waals surface area contributed by atoms with Gasteiger partial charge in [-0.1, -0.05) is 30.3 Å². The van der Waals surface area contributed by atoms with Crippen LogP contribution >= 0.6 is 0 Å². The Kier molecular flexibility index (Phi) is 6.39. The van der Waals surface area contributed by atoms with E-state index in [4.69, 9.17) is 9.15 Å². The van der Waals surface area contributed by atoms with Crippen LogP contribution in [0, 0.1) is 17.5 Å². The third-order valence-corrected chi connectivity index (χ3v) is 4.15. The first kappa shape index (κ1) is 21.6. The van der Waals surface area contributed by atoms with Gasteiger partial charge in [0, 0.05) is 24.2 Å². The molecule has 1 heterocycles. The SMILES string of the molecule is O=C(O)c1occ(C(=O)NCc2c(F)cc(F)cc2F)c(=O)c1OCc1ccccc1. The molecule has 0 spiro atoms. The van der Waals surface area contributed by atoms with Crippen LogP contribution in [0.1, 0.15) is 32.0 Å². The van der Waals surface area contributed by atoms with Crippen molar-refractivity contribution in [1.29, 1.82) is 0 Å². The van der Waals surface area contributed by atoms with Gasteiger partial charge in [-0.15, -0.1) is 0 Å². The molecule has 3 aromatic rings. The lowest BCUT2D eigenvalue weighted by Gasteiger charge is -2.10. The van der Waals surface area contributed by atoms with Crippen molar-refractivity contribution < 1.29 is 37.0 Å². The van der Waals surface area contributed by atoms with Crippen molar-refractivity contribution in [2.45, 2.75) is 13.2 Å². The van der Waals surface area contributed by atoms with Crippen LogP contribution in [0.3, 0.4) is 0 Å². The maximum absolute atomic E-state index is 13.7.